The molecule has 2 aromatic rings. The molecule has 1 aromatic carbocycles. The second-order valence-corrected chi connectivity index (χ2v) is 2.45. The average Bonchev–Trinajstić information content (AvgIpc) is 2.06. The van der Waals surface area contributed by atoms with Crippen molar-refractivity contribution >= 4 is 10.9 Å². The first-order chi connectivity index (χ1) is 5.38. The van der Waals surface area contributed by atoms with Crippen molar-refractivity contribution in [3.05, 3.63) is 36.0 Å². The number of aryl methyl sites for hydroxylation is 1. The molecule has 1 radical (unpaired) electrons. The largest absolute Gasteiger partial charge is 0.150 e. The minimum absolute atomic E-state index is 0.934. The minimum Gasteiger partial charge on any atom is -0.150 e. The standard InChI is InChI=1S/C9H7N2/c1-7-6-10-11-9-5-3-2-4-8(7)9/h2-5H,1H3. The maximum absolute atomic E-state index is 3.94. The predicted molar refractivity (Wildman–Crippen MR) is 43.1 cm³/mol. The van der Waals surface area contributed by atoms with Gasteiger partial charge < -0.3 is 0 Å². The Morgan fingerprint density at radius 2 is 2.09 bits per heavy atom. The Balaban J connectivity index is 2.91. The fraction of sp³-hybridized carbons (Fsp3) is 0.111. The van der Waals surface area contributed by atoms with Crippen LogP contribution < -0.4 is 0 Å². The van der Waals surface area contributed by atoms with Crippen LogP contribution >= 0.6 is 0 Å². The Labute approximate surface area is 64.9 Å². The summed E-state index contributed by atoms with van der Waals surface area (Å²) < 4.78 is 0. The smallest absolute Gasteiger partial charge is 0.117 e. The van der Waals surface area contributed by atoms with Gasteiger partial charge in [0.25, 0.3) is 0 Å². The van der Waals surface area contributed by atoms with E-state index in [1.54, 1.807) is 0 Å². The summed E-state index contributed by atoms with van der Waals surface area (Å²) in [6.45, 7) is 1.98. The highest BCUT2D eigenvalue weighted by molar-refractivity contribution is 5.80. The molecule has 0 spiro atoms. The topological polar surface area (TPSA) is 25.8 Å². The van der Waals surface area contributed by atoms with Crippen LogP contribution in [0.5, 0.6) is 0 Å². The first-order valence-corrected chi connectivity index (χ1v) is 3.47. The molecule has 0 aliphatic carbocycles. The van der Waals surface area contributed by atoms with Gasteiger partial charge in [0.15, 0.2) is 0 Å². The van der Waals surface area contributed by atoms with E-state index < -0.39 is 0 Å². The lowest BCUT2D eigenvalue weighted by Crippen LogP contribution is -1.85. The molecule has 0 saturated carbocycles. The molecule has 0 N–H and O–H groups in total. The summed E-state index contributed by atoms with van der Waals surface area (Å²) in [4.78, 5) is 0. The molecule has 53 valence electrons. The van der Waals surface area contributed by atoms with Gasteiger partial charge in [-0.3, -0.25) is 0 Å². The Morgan fingerprint density at radius 1 is 1.27 bits per heavy atom. The van der Waals surface area contributed by atoms with Crippen molar-refractivity contribution in [3.8, 4) is 0 Å². The Hall–Kier alpha value is -1.44. The van der Waals surface area contributed by atoms with E-state index in [1.807, 2.05) is 31.2 Å². The number of hydrogen-bond acceptors (Lipinski definition) is 2. The molecule has 2 heteroatoms. The number of aromatic nitrogens is 2. The van der Waals surface area contributed by atoms with Gasteiger partial charge in [-0.1, -0.05) is 18.2 Å². The maximum atomic E-state index is 3.94. The van der Waals surface area contributed by atoms with E-state index in [2.05, 4.69) is 16.4 Å². The van der Waals surface area contributed by atoms with Crippen molar-refractivity contribution in [3.63, 3.8) is 0 Å². The Morgan fingerprint density at radius 3 is 2.91 bits per heavy atom. The molecule has 1 heterocycles. The monoisotopic (exact) mass is 143 g/mol. The van der Waals surface area contributed by atoms with Gasteiger partial charge in [-0.15, -0.1) is 10.2 Å². The summed E-state index contributed by atoms with van der Waals surface area (Å²) in [7, 11) is 0. The van der Waals surface area contributed by atoms with Crippen molar-refractivity contribution in [2.75, 3.05) is 0 Å². The molecule has 2 rings (SSSR count). The summed E-state index contributed by atoms with van der Waals surface area (Å²) in [6.07, 6.45) is 2.81. The van der Waals surface area contributed by atoms with E-state index >= 15 is 0 Å². The zero-order valence-corrected chi connectivity index (χ0v) is 6.20. The van der Waals surface area contributed by atoms with Crippen LogP contribution in [-0.2, 0) is 0 Å². The van der Waals surface area contributed by atoms with Gasteiger partial charge in [-0.2, -0.15) is 0 Å². The van der Waals surface area contributed by atoms with Crippen LogP contribution in [0.15, 0.2) is 24.3 Å². The zero-order valence-electron chi connectivity index (χ0n) is 6.20. The normalized spacial score (nSPS) is 10.3. The van der Waals surface area contributed by atoms with Crippen LogP contribution in [0, 0.1) is 13.1 Å². The third kappa shape index (κ3) is 0.963. The summed E-state index contributed by atoms with van der Waals surface area (Å²) in [5.41, 5.74) is 1.99. The second-order valence-electron chi connectivity index (χ2n) is 2.45. The first-order valence-electron chi connectivity index (χ1n) is 3.47. The van der Waals surface area contributed by atoms with Gasteiger partial charge >= 0.3 is 0 Å². The zero-order chi connectivity index (χ0) is 7.68. The summed E-state index contributed by atoms with van der Waals surface area (Å²) >= 11 is 0. The lowest BCUT2D eigenvalue weighted by Gasteiger charge is -1.95. The lowest BCUT2D eigenvalue weighted by molar-refractivity contribution is 1.05. The highest BCUT2D eigenvalue weighted by atomic mass is 15.1. The van der Waals surface area contributed by atoms with Crippen LogP contribution in [0.2, 0.25) is 0 Å². The minimum atomic E-state index is 0.934. The molecule has 0 unspecified atom stereocenters. The van der Waals surface area contributed by atoms with Gasteiger partial charge in [-0.25, -0.2) is 0 Å². The Kier molecular flexibility index (Phi) is 1.32. The predicted octanol–water partition coefficient (Wildman–Crippen LogP) is 1.74. The fourth-order valence-electron chi connectivity index (χ4n) is 1.09. The highest BCUT2D eigenvalue weighted by Gasteiger charge is 1.95. The van der Waals surface area contributed by atoms with E-state index in [1.165, 1.54) is 0 Å². The molecule has 0 aliphatic rings. The van der Waals surface area contributed by atoms with Crippen LogP contribution in [-0.4, -0.2) is 10.2 Å². The fourth-order valence-corrected chi connectivity index (χ4v) is 1.09. The molecule has 2 nitrogen and oxygen atoms in total. The molecule has 0 amide bonds. The number of benzene rings is 1. The van der Waals surface area contributed by atoms with Crippen molar-refractivity contribution < 1.29 is 0 Å². The first kappa shape index (κ1) is 6.28. The third-order valence-electron chi connectivity index (χ3n) is 1.68. The van der Waals surface area contributed by atoms with Gasteiger partial charge in [-0.05, 0) is 18.6 Å². The molecule has 1 aromatic heterocycles. The second kappa shape index (κ2) is 2.31. The Bertz CT molecular complexity index is 377. The number of fused-ring (bicyclic) bond motifs is 1. The van der Waals surface area contributed by atoms with Gasteiger partial charge in [0.2, 0.25) is 0 Å². The molecule has 0 fully saturated rings. The highest BCUT2D eigenvalue weighted by Crippen LogP contribution is 2.12. The SMILES string of the molecule is Cc1[c]nnc2ccccc12. The van der Waals surface area contributed by atoms with Crippen LogP contribution in [0.25, 0.3) is 10.9 Å². The van der Waals surface area contributed by atoms with Gasteiger partial charge in [0.1, 0.15) is 6.20 Å². The third-order valence-corrected chi connectivity index (χ3v) is 1.68. The van der Waals surface area contributed by atoms with Crippen LogP contribution in [0.3, 0.4) is 0 Å². The molecular formula is C9H7N2. The van der Waals surface area contributed by atoms with E-state index in [-0.39, 0.29) is 0 Å². The molecule has 0 bridgehead atoms. The summed E-state index contributed by atoms with van der Waals surface area (Å²) in [6, 6.07) is 7.92. The number of hydrogen-bond donors (Lipinski definition) is 0. The summed E-state index contributed by atoms with van der Waals surface area (Å²) in [5, 5.41) is 8.80. The van der Waals surface area contributed by atoms with Crippen molar-refractivity contribution in [2.45, 2.75) is 6.92 Å². The molecule has 11 heavy (non-hydrogen) atoms. The van der Waals surface area contributed by atoms with E-state index in [4.69, 9.17) is 0 Å². The molecular weight excluding hydrogens is 136 g/mol. The quantitative estimate of drug-likeness (QED) is 0.561. The van der Waals surface area contributed by atoms with Crippen molar-refractivity contribution in [1.82, 2.24) is 10.2 Å². The number of rotatable bonds is 0. The van der Waals surface area contributed by atoms with Crippen molar-refractivity contribution in [1.29, 1.82) is 0 Å². The van der Waals surface area contributed by atoms with Crippen LogP contribution in [0.4, 0.5) is 0 Å². The molecule has 0 aliphatic heterocycles. The van der Waals surface area contributed by atoms with E-state index in [0.29, 0.717) is 0 Å². The van der Waals surface area contributed by atoms with E-state index in [9.17, 15) is 0 Å². The number of nitrogens with zero attached hydrogens (tertiary/aromatic N) is 2. The molecule has 0 atom stereocenters. The van der Waals surface area contributed by atoms with E-state index in [0.717, 1.165) is 16.5 Å². The molecule has 0 saturated heterocycles. The van der Waals surface area contributed by atoms with Crippen molar-refractivity contribution in [2.24, 2.45) is 0 Å². The maximum Gasteiger partial charge on any atom is 0.117 e. The van der Waals surface area contributed by atoms with Crippen LogP contribution in [0.1, 0.15) is 5.56 Å². The lowest BCUT2D eigenvalue weighted by atomic mass is 10.1. The van der Waals surface area contributed by atoms with Gasteiger partial charge in [0.05, 0.1) is 5.52 Å². The summed E-state index contributed by atoms with van der Waals surface area (Å²) in [5.74, 6) is 0. The average molecular weight is 143 g/mol. The van der Waals surface area contributed by atoms with Gasteiger partial charge in [0, 0.05) is 5.39 Å².